The van der Waals surface area contributed by atoms with Crippen molar-refractivity contribution in [3.05, 3.63) is 65.2 Å². The molecule has 2 rings (SSSR count). The van der Waals surface area contributed by atoms with E-state index in [0.29, 0.717) is 5.56 Å². The second kappa shape index (κ2) is 8.55. The molecule has 0 bridgehead atoms. The van der Waals surface area contributed by atoms with E-state index in [1.165, 1.54) is 18.2 Å². The third-order valence-corrected chi connectivity index (χ3v) is 5.14. The Morgan fingerprint density at radius 3 is 2.22 bits per heavy atom. The van der Waals surface area contributed by atoms with Gasteiger partial charge < -0.3 is 10.6 Å². The minimum Gasteiger partial charge on any atom is -0.345 e. The molecule has 2 aromatic rings. The normalized spacial score (nSPS) is 13.8. The topological polar surface area (TPSA) is 106 Å². The van der Waals surface area contributed by atoms with Gasteiger partial charge in [0.15, 0.2) is 18.2 Å². The second-order valence-corrected chi connectivity index (χ2v) is 7.87. The molecule has 5 N–H and O–H groups in total. The van der Waals surface area contributed by atoms with Gasteiger partial charge in [0.1, 0.15) is 6.04 Å². The molecule has 0 aliphatic rings. The molecular weight excluding hydrogens is 376 g/mol. The van der Waals surface area contributed by atoms with Gasteiger partial charge >= 0.3 is 0 Å². The summed E-state index contributed by atoms with van der Waals surface area (Å²) < 4.78 is 48.8. The van der Waals surface area contributed by atoms with Crippen LogP contribution in [0.25, 0.3) is 0 Å². The van der Waals surface area contributed by atoms with Gasteiger partial charge in [-0.3, -0.25) is 4.79 Å². The van der Waals surface area contributed by atoms with E-state index in [4.69, 9.17) is 5.14 Å². The number of sulfonamides is 1. The molecule has 0 unspecified atom stereocenters. The predicted molar refractivity (Wildman–Crippen MR) is 95.9 cm³/mol. The van der Waals surface area contributed by atoms with E-state index >= 15 is 0 Å². The van der Waals surface area contributed by atoms with Gasteiger partial charge in [-0.25, -0.2) is 22.3 Å². The minimum absolute atomic E-state index is 0.00142. The van der Waals surface area contributed by atoms with E-state index in [2.05, 4.69) is 5.32 Å². The van der Waals surface area contributed by atoms with Crippen LogP contribution in [-0.4, -0.2) is 20.9 Å². The number of quaternary nitrogens is 1. The summed E-state index contributed by atoms with van der Waals surface area (Å²) in [6.45, 7) is 3.65. The van der Waals surface area contributed by atoms with Crippen LogP contribution in [0.1, 0.15) is 37.1 Å². The van der Waals surface area contributed by atoms with Crippen LogP contribution in [0.2, 0.25) is 0 Å². The molecular formula is C18H22F2N3O3S+. The van der Waals surface area contributed by atoms with Gasteiger partial charge in [0.2, 0.25) is 10.0 Å². The lowest BCUT2D eigenvalue weighted by Crippen LogP contribution is -2.87. The first kappa shape index (κ1) is 20.9. The molecule has 0 spiro atoms. The van der Waals surface area contributed by atoms with Gasteiger partial charge in [0.25, 0.3) is 5.91 Å². The van der Waals surface area contributed by atoms with Crippen LogP contribution < -0.4 is 15.8 Å². The molecule has 0 saturated heterocycles. The lowest BCUT2D eigenvalue weighted by Gasteiger charge is -2.16. The first-order valence-corrected chi connectivity index (χ1v) is 9.83. The summed E-state index contributed by atoms with van der Waals surface area (Å²) in [5, 5.41) is 9.56. The van der Waals surface area contributed by atoms with Crippen LogP contribution >= 0.6 is 0 Å². The van der Waals surface area contributed by atoms with Crippen LogP contribution in [-0.2, 0) is 14.8 Å². The third-order valence-electron chi connectivity index (χ3n) is 4.21. The second-order valence-electron chi connectivity index (χ2n) is 6.31. The van der Waals surface area contributed by atoms with Gasteiger partial charge in [-0.05, 0) is 49.7 Å². The van der Waals surface area contributed by atoms with E-state index in [0.717, 1.165) is 17.7 Å². The smallest absolute Gasteiger partial charge is 0.275 e. The molecule has 2 atom stereocenters. The molecule has 27 heavy (non-hydrogen) atoms. The number of carbonyl (C=O) groups excluding carboxylic acids is 1. The summed E-state index contributed by atoms with van der Waals surface area (Å²) in [4.78, 5) is 12.1. The Morgan fingerprint density at radius 2 is 1.67 bits per heavy atom. The van der Waals surface area contributed by atoms with Crippen molar-refractivity contribution in [2.24, 2.45) is 5.14 Å². The number of amides is 1. The number of halogens is 2. The fourth-order valence-electron chi connectivity index (χ4n) is 2.55. The van der Waals surface area contributed by atoms with Crippen molar-refractivity contribution in [2.75, 3.05) is 6.54 Å². The average molecular weight is 398 g/mol. The number of rotatable bonds is 7. The molecule has 0 fully saturated rings. The highest BCUT2D eigenvalue weighted by Crippen LogP contribution is 2.15. The van der Waals surface area contributed by atoms with Crippen molar-refractivity contribution >= 4 is 15.9 Å². The number of nitrogens with two attached hydrogens (primary N) is 2. The number of primary sulfonamides is 1. The molecule has 0 aliphatic carbocycles. The molecule has 1 amide bonds. The maximum atomic E-state index is 13.3. The number of nitrogens with one attached hydrogen (secondary N) is 1. The maximum absolute atomic E-state index is 13.3. The van der Waals surface area contributed by atoms with Gasteiger partial charge in [-0.1, -0.05) is 12.1 Å². The lowest BCUT2D eigenvalue weighted by atomic mass is 10.1. The molecule has 0 heterocycles. The van der Waals surface area contributed by atoms with Crippen LogP contribution in [0.15, 0.2) is 47.4 Å². The minimum atomic E-state index is -3.76. The Balaban J connectivity index is 1.90. The highest BCUT2D eigenvalue weighted by molar-refractivity contribution is 7.89. The molecule has 146 valence electrons. The van der Waals surface area contributed by atoms with E-state index in [1.54, 1.807) is 31.3 Å². The van der Waals surface area contributed by atoms with Gasteiger partial charge in [-0.2, -0.15) is 0 Å². The summed E-state index contributed by atoms with van der Waals surface area (Å²) >= 11 is 0. The predicted octanol–water partition coefficient (Wildman–Crippen LogP) is 1.11. The maximum Gasteiger partial charge on any atom is 0.275 e. The summed E-state index contributed by atoms with van der Waals surface area (Å²) in [6.07, 6.45) is 0. The molecule has 0 aromatic heterocycles. The molecule has 0 saturated carbocycles. The van der Waals surface area contributed by atoms with Gasteiger partial charge in [0, 0.05) is 5.56 Å². The third kappa shape index (κ3) is 5.81. The molecule has 0 radical (unpaired) electrons. The summed E-state index contributed by atoms with van der Waals surface area (Å²) in [6, 6.07) is 9.01. The van der Waals surface area contributed by atoms with Gasteiger partial charge in [-0.15, -0.1) is 0 Å². The lowest BCUT2D eigenvalue weighted by molar-refractivity contribution is -0.682. The zero-order chi connectivity index (χ0) is 20.2. The largest absolute Gasteiger partial charge is 0.345 e. The van der Waals surface area contributed by atoms with E-state index in [9.17, 15) is 22.0 Å². The van der Waals surface area contributed by atoms with Crippen molar-refractivity contribution in [3.63, 3.8) is 0 Å². The number of hydrogen-bond acceptors (Lipinski definition) is 3. The Kier molecular flexibility index (Phi) is 6.63. The van der Waals surface area contributed by atoms with Crippen molar-refractivity contribution in [1.29, 1.82) is 0 Å². The first-order valence-electron chi connectivity index (χ1n) is 8.28. The van der Waals surface area contributed by atoms with Crippen LogP contribution in [0.4, 0.5) is 8.78 Å². The Bertz CT molecular complexity index is 918. The number of carbonyl (C=O) groups is 1. The highest BCUT2D eigenvalue weighted by Gasteiger charge is 2.16. The quantitative estimate of drug-likeness (QED) is 0.651. The van der Waals surface area contributed by atoms with Crippen molar-refractivity contribution in [3.8, 4) is 0 Å². The van der Waals surface area contributed by atoms with E-state index in [-0.39, 0.29) is 29.4 Å². The van der Waals surface area contributed by atoms with Crippen molar-refractivity contribution in [2.45, 2.75) is 30.8 Å². The molecule has 2 aromatic carbocycles. The Morgan fingerprint density at radius 1 is 1.07 bits per heavy atom. The van der Waals surface area contributed by atoms with E-state index in [1.807, 2.05) is 0 Å². The highest BCUT2D eigenvalue weighted by atomic mass is 32.2. The number of benzene rings is 2. The van der Waals surface area contributed by atoms with Crippen LogP contribution in [0.5, 0.6) is 0 Å². The average Bonchev–Trinajstić information content (AvgIpc) is 2.61. The van der Waals surface area contributed by atoms with Crippen molar-refractivity contribution in [1.82, 2.24) is 5.32 Å². The molecule has 9 heteroatoms. The van der Waals surface area contributed by atoms with Crippen molar-refractivity contribution < 1.29 is 27.3 Å². The standard InChI is InChI=1S/C18H21F2N3O3S/c1-11(14-5-8-16(19)17(20)9-14)22-10-18(24)23-12(2)13-3-6-15(7-4-13)27(21,25)26/h3-9,11-12,22H,10H2,1-2H3,(H,23,24)(H2,21,25,26)/p+1/t11-,12+/m1/s1. The Labute approximate surface area is 156 Å². The molecule has 6 nitrogen and oxygen atoms in total. The summed E-state index contributed by atoms with van der Waals surface area (Å²) in [7, 11) is -3.76. The fraction of sp³-hybridized carbons (Fsp3) is 0.278. The van der Waals surface area contributed by atoms with Crippen LogP contribution in [0.3, 0.4) is 0 Å². The van der Waals surface area contributed by atoms with Crippen LogP contribution in [0, 0.1) is 11.6 Å². The van der Waals surface area contributed by atoms with E-state index < -0.39 is 21.7 Å². The SMILES string of the molecule is C[C@H](NC(=O)C[NH2+][C@H](C)c1ccc(F)c(F)c1)c1ccc(S(N)(=O)=O)cc1. The zero-order valence-corrected chi connectivity index (χ0v) is 15.8. The zero-order valence-electron chi connectivity index (χ0n) is 14.9. The first-order chi connectivity index (χ1) is 12.6. The molecule has 0 aliphatic heterocycles. The number of hydrogen-bond donors (Lipinski definition) is 3. The Hall–Kier alpha value is -2.36. The fourth-order valence-corrected chi connectivity index (χ4v) is 3.06. The van der Waals surface area contributed by atoms with Gasteiger partial charge in [0.05, 0.1) is 10.9 Å². The monoisotopic (exact) mass is 398 g/mol. The summed E-state index contributed by atoms with van der Waals surface area (Å²) in [5.41, 5.74) is 1.30. The summed E-state index contributed by atoms with van der Waals surface area (Å²) in [5.74, 6) is -2.08.